The number of nitrogens with zero attached hydrogens (tertiary/aromatic N) is 3. The molecule has 0 atom stereocenters. The van der Waals surface area contributed by atoms with Crippen LogP contribution in [-0.4, -0.2) is 25.6 Å². The highest BCUT2D eigenvalue weighted by atomic mass is 35.5. The van der Waals surface area contributed by atoms with Crippen molar-refractivity contribution in [2.45, 2.75) is 25.3 Å². The van der Waals surface area contributed by atoms with Gasteiger partial charge in [0.25, 0.3) is 5.91 Å². The smallest absolute Gasteiger partial charge is 0.439 e. The summed E-state index contributed by atoms with van der Waals surface area (Å²) in [5.41, 5.74) is 2.24. The van der Waals surface area contributed by atoms with Crippen molar-refractivity contribution in [3.8, 4) is 11.5 Å². The summed E-state index contributed by atoms with van der Waals surface area (Å²) >= 11 is 12.7. The summed E-state index contributed by atoms with van der Waals surface area (Å²) in [5, 5.41) is 6.24. The highest BCUT2D eigenvalue weighted by molar-refractivity contribution is 6.37. The molecular weight excluding hydrogens is 445 g/mol. The van der Waals surface area contributed by atoms with Gasteiger partial charge in [-0.1, -0.05) is 23.2 Å². The molecule has 4 aromatic rings. The van der Waals surface area contributed by atoms with E-state index in [9.17, 15) is 9.59 Å². The molecule has 0 saturated heterocycles. The van der Waals surface area contributed by atoms with E-state index in [-0.39, 0.29) is 27.2 Å². The molecule has 2 heterocycles. The van der Waals surface area contributed by atoms with Crippen molar-refractivity contribution in [2.24, 2.45) is 0 Å². The molecule has 0 spiro atoms. The van der Waals surface area contributed by atoms with Gasteiger partial charge in [0.15, 0.2) is 5.75 Å². The van der Waals surface area contributed by atoms with E-state index in [1.807, 2.05) is 18.5 Å². The number of imidazole rings is 1. The number of anilines is 1. The van der Waals surface area contributed by atoms with Gasteiger partial charge >= 0.3 is 5.76 Å². The lowest BCUT2D eigenvalue weighted by molar-refractivity contribution is 0.101. The Morgan fingerprint density at radius 2 is 2.00 bits per heavy atom. The SMILES string of the molecule is CC1(n2cnc3ccc(Oc4c(Cl)cc(NC(=O)c5noc(=O)[nH]5)cc4Cl)cc32)CC1. The first-order chi connectivity index (χ1) is 14.8. The Bertz CT molecular complexity index is 1360. The fraction of sp³-hybridized carbons (Fsp3) is 0.200. The van der Waals surface area contributed by atoms with Crippen LogP contribution in [-0.2, 0) is 5.54 Å². The largest absolute Gasteiger partial charge is 0.454 e. The van der Waals surface area contributed by atoms with Crippen LogP contribution in [0.2, 0.25) is 10.0 Å². The second kappa shape index (κ2) is 7.14. The van der Waals surface area contributed by atoms with Crippen molar-refractivity contribution < 1.29 is 14.1 Å². The summed E-state index contributed by atoms with van der Waals surface area (Å²) in [7, 11) is 0. The Labute approximate surface area is 184 Å². The minimum Gasteiger partial charge on any atom is -0.454 e. The molecule has 1 fully saturated rings. The third kappa shape index (κ3) is 3.66. The van der Waals surface area contributed by atoms with E-state index in [0.29, 0.717) is 11.4 Å². The number of carbonyl (C=O) groups excluding carboxylic acids is 1. The average molecular weight is 460 g/mol. The zero-order chi connectivity index (χ0) is 21.8. The molecule has 1 aliphatic carbocycles. The molecular formula is C20H15Cl2N5O4. The van der Waals surface area contributed by atoms with Crippen molar-refractivity contribution in [3.63, 3.8) is 0 Å². The number of nitrogens with one attached hydrogen (secondary N) is 2. The van der Waals surface area contributed by atoms with E-state index in [2.05, 4.69) is 36.5 Å². The van der Waals surface area contributed by atoms with Crippen LogP contribution in [0.5, 0.6) is 11.5 Å². The number of carbonyl (C=O) groups is 1. The van der Waals surface area contributed by atoms with Gasteiger partial charge in [0.2, 0.25) is 5.82 Å². The molecule has 31 heavy (non-hydrogen) atoms. The molecule has 11 heteroatoms. The molecule has 1 amide bonds. The van der Waals surface area contributed by atoms with Crippen molar-refractivity contribution in [1.29, 1.82) is 0 Å². The van der Waals surface area contributed by atoms with Gasteiger partial charge in [-0.05, 0) is 49.2 Å². The predicted octanol–water partition coefficient (Wildman–Crippen LogP) is 4.57. The molecule has 1 aliphatic rings. The van der Waals surface area contributed by atoms with Gasteiger partial charge in [-0.2, -0.15) is 0 Å². The summed E-state index contributed by atoms with van der Waals surface area (Å²) in [4.78, 5) is 29.7. The number of halogens is 2. The van der Waals surface area contributed by atoms with Crippen LogP contribution in [0.3, 0.4) is 0 Å². The molecule has 2 N–H and O–H groups in total. The Balaban J connectivity index is 1.41. The van der Waals surface area contributed by atoms with Crippen molar-refractivity contribution >= 4 is 45.8 Å². The van der Waals surface area contributed by atoms with Gasteiger partial charge in [0.1, 0.15) is 5.75 Å². The Kier molecular flexibility index (Phi) is 4.53. The Morgan fingerprint density at radius 1 is 1.26 bits per heavy atom. The molecule has 5 rings (SSSR count). The van der Waals surface area contributed by atoms with Gasteiger partial charge in [-0.15, -0.1) is 0 Å². The molecule has 2 aromatic carbocycles. The predicted molar refractivity (Wildman–Crippen MR) is 114 cm³/mol. The number of H-pyrrole nitrogens is 1. The normalized spacial score (nSPS) is 14.5. The standard InChI is InChI=1S/C20H15Cl2N5O4/c1-20(4-5-20)27-9-23-14-3-2-11(8-15(14)27)30-16-12(21)6-10(7-13(16)22)24-18(28)17-25-19(29)31-26-17/h2-3,6-9H,4-5H2,1H3,(H,24,28)(H,25,26,29). The number of aromatic nitrogens is 4. The maximum Gasteiger partial charge on any atom is 0.439 e. The molecule has 9 nitrogen and oxygen atoms in total. The van der Waals surface area contributed by atoms with Crippen LogP contribution in [0.1, 0.15) is 30.4 Å². The summed E-state index contributed by atoms with van der Waals surface area (Å²) in [5.74, 6) is -0.983. The highest BCUT2D eigenvalue weighted by Gasteiger charge is 2.40. The fourth-order valence-electron chi connectivity index (χ4n) is 3.27. The van der Waals surface area contributed by atoms with E-state index in [0.717, 1.165) is 23.9 Å². The van der Waals surface area contributed by atoms with Crippen LogP contribution < -0.4 is 15.8 Å². The summed E-state index contributed by atoms with van der Waals surface area (Å²) in [6, 6.07) is 8.52. The highest BCUT2D eigenvalue weighted by Crippen LogP contribution is 2.45. The van der Waals surface area contributed by atoms with E-state index in [1.54, 1.807) is 6.07 Å². The maximum atomic E-state index is 12.1. The topological polar surface area (TPSA) is 115 Å². The van der Waals surface area contributed by atoms with E-state index in [4.69, 9.17) is 27.9 Å². The van der Waals surface area contributed by atoms with E-state index in [1.165, 1.54) is 12.1 Å². The average Bonchev–Trinajstić information content (AvgIpc) is 3.13. The number of ether oxygens (including phenoxy) is 1. The second-order valence-corrected chi connectivity index (χ2v) is 8.35. The van der Waals surface area contributed by atoms with E-state index >= 15 is 0 Å². The van der Waals surface area contributed by atoms with Gasteiger partial charge in [-0.25, -0.2) is 9.78 Å². The Hall–Kier alpha value is -3.30. The number of fused-ring (bicyclic) bond motifs is 1. The first-order valence-corrected chi connectivity index (χ1v) is 10.1. The molecule has 0 aliphatic heterocycles. The first-order valence-electron chi connectivity index (χ1n) is 9.34. The number of rotatable bonds is 5. The molecule has 1 saturated carbocycles. The van der Waals surface area contributed by atoms with Crippen LogP contribution in [0.4, 0.5) is 5.69 Å². The second-order valence-electron chi connectivity index (χ2n) is 7.53. The fourth-order valence-corrected chi connectivity index (χ4v) is 3.83. The minimum atomic E-state index is -0.834. The van der Waals surface area contributed by atoms with Crippen molar-refractivity contribution in [1.82, 2.24) is 19.7 Å². The zero-order valence-corrected chi connectivity index (χ0v) is 17.6. The van der Waals surface area contributed by atoms with Gasteiger partial charge in [-0.3, -0.25) is 14.3 Å². The lowest BCUT2D eigenvalue weighted by Gasteiger charge is -2.14. The van der Waals surface area contributed by atoms with Crippen LogP contribution in [0, 0.1) is 0 Å². The third-order valence-electron chi connectivity index (χ3n) is 5.21. The number of benzene rings is 2. The summed E-state index contributed by atoms with van der Waals surface area (Å²) < 4.78 is 12.4. The van der Waals surface area contributed by atoms with Crippen LogP contribution >= 0.6 is 23.2 Å². The van der Waals surface area contributed by atoms with E-state index < -0.39 is 11.7 Å². The maximum absolute atomic E-state index is 12.1. The van der Waals surface area contributed by atoms with Crippen molar-refractivity contribution in [2.75, 3.05) is 5.32 Å². The van der Waals surface area contributed by atoms with Crippen LogP contribution in [0.25, 0.3) is 11.0 Å². The molecule has 158 valence electrons. The number of hydrogen-bond acceptors (Lipinski definition) is 6. The monoisotopic (exact) mass is 459 g/mol. The quantitative estimate of drug-likeness (QED) is 0.451. The summed E-state index contributed by atoms with van der Waals surface area (Å²) in [6.07, 6.45) is 4.06. The van der Waals surface area contributed by atoms with Gasteiger partial charge < -0.3 is 14.6 Å². The van der Waals surface area contributed by atoms with Gasteiger partial charge in [0, 0.05) is 17.3 Å². The Morgan fingerprint density at radius 3 is 2.65 bits per heavy atom. The third-order valence-corrected chi connectivity index (χ3v) is 5.77. The lowest BCUT2D eigenvalue weighted by Crippen LogP contribution is -2.14. The number of aromatic amines is 1. The zero-order valence-electron chi connectivity index (χ0n) is 16.1. The van der Waals surface area contributed by atoms with Crippen molar-refractivity contribution in [3.05, 3.63) is 63.1 Å². The first kappa shape index (κ1) is 19.7. The number of amides is 1. The molecule has 0 radical (unpaired) electrons. The summed E-state index contributed by atoms with van der Waals surface area (Å²) in [6.45, 7) is 2.19. The molecule has 0 unspecified atom stereocenters. The van der Waals surface area contributed by atoms with Crippen LogP contribution in [0.15, 0.2) is 46.0 Å². The lowest BCUT2D eigenvalue weighted by atomic mass is 10.2. The van der Waals surface area contributed by atoms with Gasteiger partial charge in [0.05, 0.1) is 27.4 Å². The minimum absolute atomic E-state index is 0.0939. The number of hydrogen-bond donors (Lipinski definition) is 2. The molecule has 2 aromatic heterocycles. The molecule has 0 bridgehead atoms.